The lowest BCUT2D eigenvalue weighted by Gasteiger charge is -2.14. The first-order valence-electron chi connectivity index (χ1n) is 9.47. The number of rotatable bonds is 9. The van der Waals surface area contributed by atoms with Crippen LogP contribution in [0, 0.1) is 11.7 Å². The summed E-state index contributed by atoms with van der Waals surface area (Å²) in [6, 6.07) is 2.24. The number of pyridine rings is 2. The van der Waals surface area contributed by atoms with Crippen molar-refractivity contribution in [2.45, 2.75) is 32.7 Å². The number of aromatic nitrogens is 2. The zero-order valence-electron chi connectivity index (χ0n) is 16.6. The maximum Gasteiger partial charge on any atom is 0.274 e. The molecule has 1 fully saturated rings. The Balaban J connectivity index is 1.57. The Bertz CT molecular complexity index is 939. The van der Waals surface area contributed by atoms with Crippen LogP contribution in [0.2, 0.25) is 5.02 Å². The molecule has 2 N–H and O–H groups in total. The van der Waals surface area contributed by atoms with Crippen LogP contribution in [0.25, 0.3) is 0 Å². The fraction of sp³-hybridized carbons (Fsp3) is 0.400. The first kappa shape index (κ1) is 21.8. The molecule has 1 atom stereocenters. The Labute approximate surface area is 178 Å². The van der Waals surface area contributed by atoms with Gasteiger partial charge in [0, 0.05) is 19.1 Å². The van der Waals surface area contributed by atoms with E-state index in [4.69, 9.17) is 21.1 Å². The smallest absolute Gasteiger partial charge is 0.274 e. The molecule has 0 radical (unpaired) electrons. The van der Waals surface area contributed by atoms with Crippen molar-refractivity contribution < 1.29 is 23.5 Å². The highest BCUT2D eigenvalue weighted by atomic mass is 35.5. The van der Waals surface area contributed by atoms with Crippen molar-refractivity contribution in [2.24, 2.45) is 5.92 Å². The third kappa shape index (κ3) is 6.28. The molecule has 1 saturated carbocycles. The number of amides is 2. The number of nitrogens with one attached hydrogen (secondary N) is 2. The van der Waals surface area contributed by atoms with Crippen molar-refractivity contribution in [3.63, 3.8) is 0 Å². The zero-order chi connectivity index (χ0) is 21.7. The van der Waals surface area contributed by atoms with Gasteiger partial charge in [0.05, 0.1) is 35.8 Å². The highest BCUT2D eigenvalue weighted by molar-refractivity contribution is 6.34. The van der Waals surface area contributed by atoms with Crippen molar-refractivity contribution in [1.29, 1.82) is 0 Å². The molecule has 2 amide bonds. The van der Waals surface area contributed by atoms with Crippen LogP contribution in [0.3, 0.4) is 0 Å². The molecule has 1 aliphatic rings. The number of carbonyl (C=O) groups is 2. The molecule has 0 aliphatic heterocycles. The van der Waals surface area contributed by atoms with Crippen molar-refractivity contribution in [3.8, 4) is 11.6 Å². The van der Waals surface area contributed by atoms with Crippen LogP contribution in [-0.2, 0) is 4.79 Å². The molecule has 160 valence electrons. The second-order valence-electron chi connectivity index (χ2n) is 7.12. The van der Waals surface area contributed by atoms with E-state index in [1.165, 1.54) is 25.4 Å². The minimum absolute atomic E-state index is 0.0214. The lowest BCUT2D eigenvalue weighted by molar-refractivity contribution is -0.119. The number of halogens is 2. The van der Waals surface area contributed by atoms with E-state index in [9.17, 15) is 14.0 Å². The Hall–Kier alpha value is -2.94. The highest BCUT2D eigenvalue weighted by Gasteiger charge is 2.23. The second kappa shape index (κ2) is 9.71. The second-order valence-corrected chi connectivity index (χ2v) is 7.53. The van der Waals surface area contributed by atoms with Crippen LogP contribution in [0.1, 0.15) is 37.2 Å². The minimum atomic E-state index is -0.655. The van der Waals surface area contributed by atoms with Crippen LogP contribution in [-0.4, -0.2) is 41.0 Å². The summed E-state index contributed by atoms with van der Waals surface area (Å²) in [7, 11) is 0. The van der Waals surface area contributed by atoms with E-state index >= 15 is 0 Å². The van der Waals surface area contributed by atoms with E-state index in [2.05, 4.69) is 20.6 Å². The van der Waals surface area contributed by atoms with Gasteiger partial charge >= 0.3 is 0 Å². The largest absolute Gasteiger partial charge is 0.489 e. The van der Waals surface area contributed by atoms with Gasteiger partial charge in [-0.2, -0.15) is 0 Å². The van der Waals surface area contributed by atoms with E-state index in [0.29, 0.717) is 12.5 Å². The van der Waals surface area contributed by atoms with Gasteiger partial charge in [-0.25, -0.2) is 14.4 Å². The average molecular weight is 437 g/mol. The molecule has 3 rings (SSSR count). The fourth-order valence-electron chi connectivity index (χ4n) is 2.51. The Morgan fingerprint density at radius 3 is 2.67 bits per heavy atom. The Morgan fingerprint density at radius 1 is 1.27 bits per heavy atom. The van der Waals surface area contributed by atoms with Crippen LogP contribution in [0.15, 0.2) is 24.5 Å². The number of hydrogen-bond donors (Lipinski definition) is 2. The van der Waals surface area contributed by atoms with Gasteiger partial charge in [0.15, 0.2) is 11.6 Å². The fourth-order valence-corrected chi connectivity index (χ4v) is 2.70. The lowest BCUT2D eigenvalue weighted by Crippen LogP contribution is -2.35. The standard InChI is InChI=1S/C20H22ClFN4O4/c1-11(25-12(2)27)9-30-19-5-14(21)17(7-24-19)26-20(28)16-6-15(22)18(8-23-16)29-10-13-3-4-13/h5-8,11,13H,3-4,9-10H2,1-2H3,(H,25,27)(H,26,28)/t11-/m0/s1. The van der Waals surface area contributed by atoms with Gasteiger partial charge in [-0.3, -0.25) is 9.59 Å². The normalized spacial score (nSPS) is 14.0. The summed E-state index contributed by atoms with van der Waals surface area (Å²) in [5, 5.41) is 5.40. The van der Waals surface area contributed by atoms with Crippen LogP contribution in [0.5, 0.6) is 11.6 Å². The van der Waals surface area contributed by atoms with E-state index in [-0.39, 0.29) is 46.6 Å². The number of carbonyl (C=O) groups excluding carboxylic acids is 2. The predicted molar refractivity (Wildman–Crippen MR) is 108 cm³/mol. The molecule has 10 heteroatoms. The monoisotopic (exact) mass is 436 g/mol. The molecule has 0 unspecified atom stereocenters. The minimum Gasteiger partial charge on any atom is -0.489 e. The molecule has 0 aromatic carbocycles. The molecular weight excluding hydrogens is 415 g/mol. The van der Waals surface area contributed by atoms with Crippen LogP contribution >= 0.6 is 11.6 Å². The van der Waals surface area contributed by atoms with Crippen LogP contribution in [0.4, 0.5) is 10.1 Å². The average Bonchev–Trinajstić information content (AvgIpc) is 3.51. The SMILES string of the molecule is CC(=O)N[C@@H](C)COc1cc(Cl)c(NC(=O)c2cc(F)c(OCC3CC3)cn2)cn1. The topological polar surface area (TPSA) is 102 Å². The van der Waals surface area contributed by atoms with Crippen molar-refractivity contribution in [1.82, 2.24) is 15.3 Å². The summed E-state index contributed by atoms with van der Waals surface area (Å²) in [5.41, 5.74) is 0.104. The molecule has 2 heterocycles. The van der Waals surface area contributed by atoms with Crippen molar-refractivity contribution in [3.05, 3.63) is 41.1 Å². The quantitative estimate of drug-likeness (QED) is 0.625. The first-order valence-corrected chi connectivity index (χ1v) is 9.84. The van der Waals surface area contributed by atoms with Crippen molar-refractivity contribution >= 4 is 29.1 Å². The van der Waals surface area contributed by atoms with Gasteiger partial charge in [0.25, 0.3) is 5.91 Å². The number of hydrogen-bond acceptors (Lipinski definition) is 6. The van der Waals surface area contributed by atoms with Gasteiger partial charge in [0.1, 0.15) is 12.3 Å². The van der Waals surface area contributed by atoms with E-state index in [0.717, 1.165) is 18.9 Å². The Morgan fingerprint density at radius 2 is 2.03 bits per heavy atom. The van der Waals surface area contributed by atoms with Crippen LogP contribution < -0.4 is 20.1 Å². The van der Waals surface area contributed by atoms with E-state index in [1.54, 1.807) is 6.92 Å². The number of nitrogens with zero attached hydrogens (tertiary/aromatic N) is 2. The molecule has 0 saturated heterocycles. The zero-order valence-corrected chi connectivity index (χ0v) is 17.3. The summed E-state index contributed by atoms with van der Waals surface area (Å²) in [4.78, 5) is 31.4. The van der Waals surface area contributed by atoms with Crippen molar-refractivity contribution in [2.75, 3.05) is 18.5 Å². The molecule has 2 aromatic rings. The third-order valence-electron chi connectivity index (χ3n) is 4.23. The summed E-state index contributed by atoms with van der Waals surface area (Å²) in [6.07, 6.45) is 4.69. The number of ether oxygens (including phenoxy) is 2. The van der Waals surface area contributed by atoms with Gasteiger partial charge in [-0.05, 0) is 25.7 Å². The van der Waals surface area contributed by atoms with Gasteiger partial charge in [-0.15, -0.1) is 0 Å². The van der Waals surface area contributed by atoms with Gasteiger partial charge in [-0.1, -0.05) is 11.6 Å². The third-order valence-corrected chi connectivity index (χ3v) is 4.54. The van der Waals surface area contributed by atoms with Gasteiger partial charge in [0.2, 0.25) is 11.8 Å². The van der Waals surface area contributed by atoms with E-state index in [1.807, 2.05) is 0 Å². The molecule has 1 aliphatic carbocycles. The van der Waals surface area contributed by atoms with Gasteiger partial charge < -0.3 is 20.1 Å². The number of anilines is 1. The maximum atomic E-state index is 14.2. The first-order chi connectivity index (χ1) is 14.3. The summed E-state index contributed by atoms with van der Waals surface area (Å²) < 4.78 is 25.0. The molecule has 0 spiro atoms. The highest BCUT2D eigenvalue weighted by Crippen LogP contribution is 2.30. The summed E-state index contributed by atoms with van der Waals surface area (Å²) in [6.45, 7) is 3.85. The Kier molecular flexibility index (Phi) is 7.04. The maximum absolute atomic E-state index is 14.2. The molecule has 0 bridgehead atoms. The molecular formula is C20H22ClFN4O4. The molecule has 8 nitrogen and oxygen atoms in total. The van der Waals surface area contributed by atoms with E-state index < -0.39 is 11.7 Å². The predicted octanol–water partition coefficient (Wildman–Crippen LogP) is 3.21. The lowest BCUT2D eigenvalue weighted by atomic mass is 10.3. The summed E-state index contributed by atoms with van der Waals surface area (Å²) in [5.74, 6) is -0.730. The molecule has 2 aromatic heterocycles. The summed E-state index contributed by atoms with van der Waals surface area (Å²) >= 11 is 6.17. The molecule has 30 heavy (non-hydrogen) atoms.